The van der Waals surface area contributed by atoms with Crippen molar-refractivity contribution in [2.45, 2.75) is 0 Å². The minimum atomic E-state index is 0.758. The molecule has 5 aromatic rings. The highest BCUT2D eigenvalue weighted by Gasteiger charge is 2.19. The Labute approximate surface area is 163 Å². The molecule has 0 saturated heterocycles. The summed E-state index contributed by atoms with van der Waals surface area (Å²) in [7, 11) is 0. The molecule has 0 bridgehead atoms. The summed E-state index contributed by atoms with van der Waals surface area (Å²) < 4.78 is 12.1. The fraction of sp³-hybridized carbons (Fsp3) is 0. The third-order valence-corrected chi connectivity index (χ3v) is 5.08. The lowest BCUT2D eigenvalue weighted by Gasteiger charge is -2.14. The van der Waals surface area contributed by atoms with E-state index < -0.39 is 0 Å². The van der Waals surface area contributed by atoms with Gasteiger partial charge in [-0.05, 0) is 58.0 Å². The van der Waals surface area contributed by atoms with Crippen molar-refractivity contribution in [3.63, 3.8) is 0 Å². The van der Waals surface area contributed by atoms with Crippen LogP contribution in [0.25, 0.3) is 56.3 Å². The molecule has 3 aromatic carbocycles. The van der Waals surface area contributed by atoms with Crippen LogP contribution in [0.2, 0.25) is 0 Å². The van der Waals surface area contributed by atoms with Crippen LogP contribution in [-0.2, 0) is 0 Å². The monoisotopic (exact) mass is 362 g/mol. The topological polar surface area (TPSA) is 26.3 Å². The van der Waals surface area contributed by atoms with Crippen molar-refractivity contribution in [1.82, 2.24) is 0 Å². The standard InChI is InChI=1S/C26H18O2/c1-3-17-13-15-23(27-17)25-19-9-5-7-11-21(19)26(22-12-8-6-10-20(22)25)24-16-14-18(4-2)28-24/h3-16H,1-2H2. The van der Waals surface area contributed by atoms with Gasteiger partial charge in [0.05, 0.1) is 0 Å². The van der Waals surface area contributed by atoms with E-state index in [1.54, 1.807) is 12.2 Å². The zero-order valence-corrected chi connectivity index (χ0v) is 15.3. The second-order valence-electron chi connectivity index (χ2n) is 6.65. The first-order valence-corrected chi connectivity index (χ1v) is 9.19. The molecule has 2 heteroatoms. The molecule has 0 fully saturated rings. The molecule has 0 spiro atoms. The van der Waals surface area contributed by atoms with E-state index in [0.717, 1.165) is 55.7 Å². The Morgan fingerprint density at radius 3 is 1.14 bits per heavy atom. The average Bonchev–Trinajstić information content (AvgIpc) is 3.41. The highest BCUT2D eigenvalue weighted by molar-refractivity contribution is 6.20. The average molecular weight is 362 g/mol. The summed E-state index contributed by atoms with van der Waals surface area (Å²) in [6.07, 6.45) is 3.45. The molecular weight excluding hydrogens is 344 g/mol. The quantitative estimate of drug-likeness (QED) is 0.305. The lowest BCUT2D eigenvalue weighted by molar-refractivity contribution is 0.572. The van der Waals surface area contributed by atoms with Gasteiger partial charge >= 0.3 is 0 Å². The summed E-state index contributed by atoms with van der Waals surface area (Å²) in [4.78, 5) is 0. The van der Waals surface area contributed by atoms with Crippen molar-refractivity contribution in [2.75, 3.05) is 0 Å². The van der Waals surface area contributed by atoms with Crippen LogP contribution in [0, 0.1) is 0 Å². The third kappa shape index (κ3) is 2.43. The molecule has 0 amide bonds. The summed E-state index contributed by atoms with van der Waals surface area (Å²) in [6.45, 7) is 7.63. The predicted octanol–water partition coefficient (Wildman–Crippen LogP) is 7.80. The lowest BCUT2D eigenvalue weighted by Crippen LogP contribution is -1.89. The molecule has 5 rings (SSSR count). The van der Waals surface area contributed by atoms with Crippen LogP contribution in [0.1, 0.15) is 11.5 Å². The van der Waals surface area contributed by atoms with Gasteiger partial charge in [0.2, 0.25) is 0 Å². The summed E-state index contributed by atoms with van der Waals surface area (Å²) in [5.41, 5.74) is 2.16. The second-order valence-corrected chi connectivity index (χ2v) is 6.65. The first-order chi connectivity index (χ1) is 13.8. The van der Waals surface area contributed by atoms with E-state index in [-0.39, 0.29) is 0 Å². The fourth-order valence-electron chi connectivity index (χ4n) is 3.85. The number of fused-ring (bicyclic) bond motifs is 2. The lowest BCUT2D eigenvalue weighted by atomic mass is 9.90. The van der Waals surface area contributed by atoms with Crippen molar-refractivity contribution in [1.29, 1.82) is 0 Å². The fourth-order valence-corrected chi connectivity index (χ4v) is 3.85. The summed E-state index contributed by atoms with van der Waals surface area (Å²) in [6, 6.07) is 24.7. The van der Waals surface area contributed by atoms with Gasteiger partial charge in [0.1, 0.15) is 23.0 Å². The molecule has 0 aliphatic heterocycles. The van der Waals surface area contributed by atoms with Gasteiger partial charge in [-0.3, -0.25) is 0 Å². The largest absolute Gasteiger partial charge is 0.457 e. The van der Waals surface area contributed by atoms with E-state index in [4.69, 9.17) is 8.83 Å². The normalized spacial score (nSPS) is 11.1. The summed E-state index contributed by atoms with van der Waals surface area (Å²) in [5, 5.41) is 4.49. The van der Waals surface area contributed by atoms with Gasteiger partial charge in [0.25, 0.3) is 0 Å². The van der Waals surface area contributed by atoms with E-state index in [9.17, 15) is 0 Å². The maximum atomic E-state index is 6.05. The van der Waals surface area contributed by atoms with Gasteiger partial charge in [-0.1, -0.05) is 61.7 Å². The zero-order valence-electron chi connectivity index (χ0n) is 15.3. The predicted molar refractivity (Wildman–Crippen MR) is 117 cm³/mol. The van der Waals surface area contributed by atoms with Crippen LogP contribution in [0.5, 0.6) is 0 Å². The molecule has 0 unspecified atom stereocenters. The highest BCUT2D eigenvalue weighted by atomic mass is 16.3. The van der Waals surface area contributed by atoms with Gasteiger partial charge < -0.3 is 8.83 Å². The van der Waals surface area contributed by atoms with E-state index in [0.29, 0.717) is 0 Å². The number of furan rings is 2. The van der Waals surface area contributed by atoms with Crippen LogP contribution in [-0.4, -0.2) is 0 Å². The molecule has 0 aliphatic rings. The first kappa shape index (κ1) is 16.4. The van der Waals surface area contributed by atoms with E-state index in [1.807, 2.05) is 24.3 Å². The van der Waals surface area contributed by atoms with Crippen LogP contribution in [0.15, 0.2) is 94.8 Å². The SMILES string of the molecule is C=Cc1ccc(-c2c3ccccc3c(-c3ccc(C=C)o3)c3ccccc23)o1. The number of rotatable bonds is 4. The van der Waals surface area contributed by atoms with Crippen LogP contribution < -0.4 is 0 Å². The van der Waals surface area contributed by atoms with E-state index >= 15 is 0 Å². The van der Waals surface area contributed by atoms with Gasteiger partial charge in [-0.2, -0.15) is 0 Å². The molecule has 0 saturated carbocycles. The number of hydrogen-bond donors (Lipinski definition) is 0. The summed E-state index contributed by atoms with van der Waals surface area (Å²) in [5.74, 6) is 3.18. The van der Waals surface area contributed by atoms with Gasteiger partial charge in [0.15, 0.2) is 0 Å². The Morgan fingerprint density at radius 1 is 0.500 bits per heavy atom. The Kier molecular flexibility index (Phi) is 3.77. The van der Waals surface area contributed by atoms with E-state index in [1.165, 1.54) is 0 Å². The Bertz CT molecular complexity index is 1190. The Morgan fingerprint density at radius 2 is 0.857 bits per heavy atom. The van der Waals surface area contributed by atoms with Gasteiger partial charge in [-0.15, -0.1) is 0 Å². The molecule has 0 radical (unpaired) electrons. The van der Waals surface area contributed by atoms with Crippen molar-refractivity contribution >= 4 is 33.7 Å². The molecule has 0 aliphatic carbocycles. The number of benzene rings is 3. The smallest absolute Gasteiger partial charge is 0.136 e. The van der Waals surface area contributed by atoms with Crippen molar-refractivity contribution in [3.05, 3.63) is 97.5 Å². The minimum Gasteiger partial charge on any atom is -0.457 e. The third-order valence-electron chi connectivity index (χ3n) is 5.08. The van der Waals surface area contributed by atoms with Crippen molar-refractivity contribution in [3.8, 4) is 22.6 Å². The summed E-state index contributed by atoms with van der Waals surface area (Å²) >= 11 is 0. The molecular formula is C26H18O2. The molecule has 28 heavy (non-hydrogen) atoms. The van der Waals surface area contributed by atoms with Crippen LogP contribution in [0.3, 0.4) is 0 Å². The molecule has 2 aromatic heterocycles. The molecule has 134 valence electrons. The molecule has 2 heterocycles. The van der Waals surface area contributed by atoms with Crippen LogP contribution >= 0.6 is 0 Å². The Hall–Kier alpha value is -3.78. The zero-order chi connectivity index (χ0) is 19.1. The van der Waals surface area contributed by atoms with Crippen molar-refractivity contribution < 1.29 is 8.83 Å². The molecule has 0 N–H and O–H groups in total. The maximum Gasteiger partial charge on any atom is 0.136 e. The van der Waals surface area contributed by atoms with E-state index in [2.05, 4.69) is 61.7 Å². The van der Waals surface area contributed by atoms with Crippen LogP contribution in [0.4, 0.5) is 0 Å². The second kappa shape index (κ2) is 6.43. The van der Waals surface area contributed by atoms with Crippen molar-refractivity contribution in [2.24, 2.45) is 0 Å². The first-order valence-electron chi connectivity index (χ1n) is 9.19. The Balaban J connectivity index is 1.96. The minimum absolute atomic E-state index is 0.758. The highest BCUT2D eigenvalue weighted by Crippen LogP contribution is 2.44. The molecule has 0 atom stereocenters. The van der Waals surface area contributed by atoms with Gasteiger partial charge in [-0.25, -0.2) is 0 Å². The number of hydrogen-bond acceptors (Lipinski definition) is 2. The van der Waals surface area contributed by atoms with Gasteiger partial charge in [0, 0.05) is 11.1 Å². The maximum absolute atomic E-state index is 6.05. The molecule has 2 nitrogen and oxygen atoms in total.